The molecule has 7 heteroatoms. The maximum atomic E-state index is 13.1. The van der Waals surface area contributed by atoms with Gasteiger partial charge in [0.15, 0.2) is 6.61 Å². The molecule has 0 saturated carbocycles. The van der Waals surface area contributed by atoms with Gasteiger partial charge in [0, 0.05) is 17.5 Å². The number of nitrogens with one attached hydrogen (secondary N) is 1. The smallest absolute Gasteiger partial charge is 0.258 e. The average molecular weight is 343 g/mol. The number of carbonyl (C=O) groups excluding carboxylic acids is 1. The lowest BCUT2D eigenvalue weighted by atomic mass is 10.1. The lowest BCUT2D eigenvalue weighted by Crippen LogP contribution is -2.29. The van der Waals surface area contributed by atoms with Gasteiger partial charge < -0.3 is 10.1 Å². The Kier molecular flexibility index (Phi) is 4.81. The van der Waals surface area contributed by atoms with E-state index in [1.807, 2.05) is 5.38 Å². The number of ether oxygens (including phenoxy) is 1. The predicted molar refractivity (Wildman–Crippen MR) is 91.5 cm³/mol. The quantitative estimate of drug-likeness (QED) is 0.698. The number of nitrogens with zero attached hydrogens (tertiary/aromatic N) is 2. The molecule has 0 aliphatic rings. The summed E-state index contributed by atoms with van der Waals surface area (Å²) in [6.07, 6.45) is 2.98. The van der Waals surface area contributed by atoms with Gasteiger partial charge in [0.05, 0.1) is 5.39 Å². The Morgan fingerprint density at radius 2 is 2.12 bits per heavy atom. The minimum Gasteiger partial charge on any atom is -0.467 e. The summed E-state index contributed by atoms with van der Waals surface area (Å²) in [5.74, 6) is -0.237. The third-order valence-electron chi connectivity index (χ3n) is 3.27. The van der Waals surface area contributed by atoms with E-state index in [9.17, 15) is 9.18 Å². The number of benzene rings is 1. The summed E-state index contributed by atoms with van der Waals surface area (Å²) in [5.41, 5.74) is 1.68. The van der Waals surface area contributed by atoms with Gasteiger partial charge in [-0.25, -0.2) is 14.4 Å². The summed E-state index contributed by atoms with van der Waals surface area (Å²) in [6.45, 7) is 3.76. The van der Waals surface area contributed by atoms with Gasteiger partial charge in [0.25, 0.3) is 5.91 Å². The number of fused-ring (bicyclic) bond motifs is 1. The molecule has 3 aromatic rings. The predicted octanol–water partition coefficient (Wildman–Crippen LogP) is 3.18. The molecule has 0 bridgehead atoms. The highest BCUT2D eigenvalue weighted by Crippen LogP contribution is 2.37. The zero-order valence-electron chi connectivity index (χ0n) is 12.7. The lowest BCUT2D eigenvalue weighted by Gasteiger charge is -2.08. The largest absolute Gasteiger partial charge is 0.467 e. The minimum atomic E-state index is -0.301. The van der Waals surface area contributed by atoms with E-state index in [2.05, 4.69) is 21.9 Å². The van der Waals surface area contributed by atoms with E-state index in [-0.39, 0.29) is 18.3 Å². The van der Waals surface area contributed by atoms with E-state index in [1.165, 1.54) is 29.8 Å². The zero-order chi connectivity index (χ0) is 16.9. The van der Waals surface area contributed by atoms with Crippen LogP contribution in [-0.4, -0.2) is 29.0 Å². The first-order valence-electron chi connectivity index (χ1n) is 7.17. The van der Waals surface area contributed by atoms with Gasteiger partial charge in [-0.2, -0.15) is 0 Å². The van der Waals surface area contributed by atoms with Gasteiger partial charge >= 0.3 is 0 Å². The van der Waals surface area contributed by atoms with Crippen LogP contribution in [0.1, 0.15) is 0 Å². The molecule has 5 nitrogen and oxygen atoms in total. The number of aromatic nitrogens is 2. The van der Waals surface area contributed by atoms with Gasteiger partial charge in [0.1, 0.15) is 17.0 Å². The molecular weight excluding hydrogens is 329 g/mol. The lowest BCUT2D eigenvalue weighted by molar-refractivity contribution is -0.122. The van der Waals surface area contributed by atoms with Crippen molar-refractivity contribution in [2.24, 2.45) is 0 Å². The molecule has 2 heterocycles. The molecule has 122 valence electrons. The second kappa shape index (κ2) is 7.18. The fourth-order valence-corrected chi connectivity index (χ4v) is 3.08. The Bertz CT molecular complexity index is 877. The number of amides is 1. The van der Waals surface area contributed by atoms with E-state index < -0.39 is 0 Å². The van der Waals surface area contributed by atoms with Crippen molar-refractivity contribution in [2.45, 2.75) is 0 Å². The summed E-state index contributed by atoms with van der Waals surface area (Å²) in [4.78, 5) is 20.8. The molecule has 0 fully saturated rings. The van der Waals surface area contributed by atoms with Crippen LogP contribution in [0.4, 0.5) is 4.39 Å². The zero-order valence-corrected chi connectivity index (χ0v) is 13.5. The number of rotatable bonds is 6. The van der Waals surface area contributed by atoms with Crippen LogP contribution < -0.4 is 10.1 Å². The number of hydrogen-bond acceptors (Lipinski definition) is 5. The van der Waals surface area contributed by atoms with Gasteiger partial charge in [0.2, 0.25) is 5.88 Å². The summed E-state index contributed by atoms with van der Waals surface area (Å²) in [6, 6.07) is 6.16. The molecule has 2 aromatic heterocycles. The Balaban J connectivity index is 1.91. The van der Waals surface area contributed by atoms with Gasteiger partial charge in [-0.15, -0.1) is 17.9 Å². The molecule has 0 unspecified atom stereocenters. The fourth-order valence-electron chi connectivity index (χ4n) is 2.17. The Morgan fingerprint density at radius 3 is 2.88 bits per heavy atom. The third kappa shape index (κ3) is 3.41. The summed E-state index contributed by atoms with van der Waals surface area (Å²) in [5, 5.41) is 5.26. The van der Waals surface area contributed by atoms with E-state index in [4.69, 9.17) is 4.74 Å². The molecule has 0 radical (unpaired) electrons. The van der Waals surface area contributed by atoms with Crippen molar-refractivity contribution < 1.29 is 13.9 Å². The van der Waals surface area contributed by atoms with Crippen LogP contribution in [0, 0.1) is 5.82 Å². The molecule has 24 heavy (non-hydrogen) atoms. The molecule has 0 atom stereocenters. The molecule has 1 amide bonds. The highest BCUT2D eigenvalue weighted by Gasteiger charge is 2.15. The minimum absolute atomic E-state index is 0.154. The molecule has 0 aliphatic carbocycles. The van der Waals surface area contributed by atoms with E-state index in [1.54, 1.807) is 18.2 Å². The first-order valence-corrected chi connectivity index (χ1v) is 8.05. The molecule has 0 aliphatic heterocycles. The van der Waals surface area contributed by atoms with Crippen LogP contribution in [0.15, 0.2) is 48.6 Å². The van der Waals surface area contributed by atoms with Crippen LogP contribution in [0.5, 0.6) is 5.88 Å². The first-order chi connectivity index (χ1) is 11.7. The SMILES string of the molecule is C=CCNC(=O)COc1ncnc2scc(-c3ccc(F)cc3)c12. The van der Waals surface area contributed by atoms with Gasteiger partial charge in [-0.05, 0) is 17.7 Å². The van der Waals surface area contributed by atoms with Crippen molar-refractivity contribution in [1.82, 2.24) is 15.3 Å². The second-order valence-corrected chi connectivity index (χ2v) is 5.75. The topological polar surface area (TPSA) is 64.1 Å². The van der Waals surface area contributed by atoms with E-state index in [0.717, 1.165) is 16.0 Å². The van der Waals surface area contributed by atoms with Crippen LogP contribution in [-0.2, 0) is 4.79 Å². The van der Waals surface area contributed by atoms with Crippen molar-refractivity contribution in [3.63, 3.8) is 0 Å². The van der Waals surface area contributed by atoms with Crippen LogP contribution in [0.25, 0.3) is 21.3 Å². The second-order valence-electron chi connectivity index (χ2n) is 4.90. The van der Waals surface area contributed by atoms with Crippen LogP contribution in [0.3, 0.4) is 0 Å². The normalized spacial score (nSPS) is 10.5. The molecule has 1 N–H and O–H groups in total. The first kappa shape index (κ1) is 16.1. The van der Waals surface area contributed by atoms with Crippen molar-refractivity contribution in [3.05, 3.63) is 54.4 Å². The monoisotopic (exact) mass is 343 g/mol. The number of hydrogen-bond donors (Lipinski definition) is 1. The van der Waals surface area contributed by atoms with E-state index >= 15 is 0 Å². The average Bonchev–Trinajstić information content (AvgIpc) is 3.03. The molecule has 1 aromatic carbocycles. The maximum absolute atomic E-state index is 13.1. The molecule has 0 spiro atoms. The highest BCUT2D eigenvalue weighted by molar-refractivity contribution is 7.17. The number of halogens is 1. The van der Waals surface area contributed by atoms with Crippen molar-refractivity contribution >= 4 is 27.5 Å². The van der Waals surface area contributed by atoms with Crippen molar-refractivity contribution in [3.8, 4) is 17.0 Å². The van der Waals surface area contributed by atoms with Crippen molar-refractivity contribution in [1.29, 1.82) is 0 Å². The van der Waals surface area contributed by atoms with Crippen LogP contribution in [0.2, 0.25) is 0 Å². The molecular formula is C17H14FN3O2S. The Morgan fingerprint density at radius 1 is 1.33 bits per heavy atom. The Hall–Kier alpha value is -2.80. The standard InChI is InChI=1S/C17H14FN3O2S/c1-2-7-19-14(22)8-23-16-15-13(9-24-17(15)21-10-20-16)11-3-5-12(18)6-4-11/h2-6,9-10H,1,7-8H2,(H,19,22). The Labute approximate surface area is 141 Å². The summed E-state index contributed by atoms with van der Waals surface area (Å²) >= 11 is 1.44. The van der Waals surface area contributed by atoms with E-state index in [0.29, 0.717) is 17.8 Å². The maximum Gasteiger partial charge on any atom is 0.258 e. The van der Waals surface area contributed by atoms with Gasteiger partial charge in [-0.1, -0.05) is 18.2 Å². The van der Waals surface area contributed by atoms with Crippen LogP contribution >= 0.6 is 11.3 Å². The summed E-state index contributed by atoms with van der Waals surface area (Å²) in [7, 11) is 0. The molecule has 0 saturated heterocycles. The van der Waals surface area contributed by atoms with Crippen molar-refractivity contribution in [2.75, 3.05) is 13.2 Å². The molecule has 3 rings (SSSR count). The number of thiophene rings is 1. The third-order valence-corrected chi connectivity index (χ3v) is 4.16. The summed E-state index contributed by atoms with van der Waals surface area (Å²) < 4.78 is 18.7. The number of carbonyl (C=O) groups is 1. The van der Waals surface area contributed by atoms with Gasteiger partial charge in [-0.3, -0.25) is 4.79 Å². The fraction of sp³-hybridized carbons (Fsp3) is 0.118. The highest BCUT2D eigenvalue weighted by atomic mass is 32.1.